The van der Waals surface area contributed by atoms with Gasteiger partial charge < -0.3 is 5.32 Å². The van der Waals surface area contributed by atoms with E-state index in [1.54, 1.807) is 20.7 Å². The molecule has 0 spiro atoms. The monoisotopic (exact) mass is 597 g/mol. The van der Waals surface area contributed by atoms with Crippen LogP contribution in [0.5, 0.6) is 0 Å². The Labute approximate surface area is 247 Å². The van der Waals surface area contributed by atoms with Crippen LogP contribution in [0.25, 0.3) is 27.2 Å². The minimum Gasteiger partial charge on any atom is -0.301 e. The fourth-order valence-electron chi connectivity index (χ4n) is 4.23. The molecule has 0 saturated heterocycles. The third kappa shape index (κ3) is 5.62. The van der Waals surface area contributed by atoms with Crippen LogP contribution in [0.3, 0.4) is 0 Å². The zero-order chi connectivity index (χ0) is 28.3. The molecule has 0 unspecified atom stereocenters. The number of azo groups is 1. The molecule has 0 radical (unpaired) electrons. The van der Waals surface area contributed by atoms with Gasteiger partial charge in [-0.1, -0.05) is 71.6 Å². The Bertz CT molecular complexity index is 1910. The van der Waals surface area contributed by atoms with E-state index in [0.717, 1.165) is 20.2 Å². The molecule has 0 saturated carbocycles. The summed E-state index contributed by atoms with van der Waals surface area (Å²) in [5.41, 5.74) is 3.56. The van der Waals surface area contributed by atoms with Gasteiger partial charge in [-0.05, 0) is 43.3 Å². The average molecular weight is 598 g/mol. The van der Waals surface area contributed by atoms with Crippen LogP contribution in [0.1, 0.15) is 5.69 Å². The summed E-state index contributed by atoms with van der Waals surface area (Å²) >= 11 is 4.09. The number of carbonyl (C=O) groups excluding carboxylic acids is 1. The van der Waals surface area contributed by atoms with Crippen molar-refractivity contribution >= 4 is 66.4 Å². The van der Waals surface area contributed by atoms with E-state index < -0.39 is 0 Å². The molecule has 6 rings (SSSR count). The molecule has 41 heavy (non-hydrogen) atoms. The summed E-state index contributed by atoms with van der Waals surface area (Å²) in [5.74, 6) is -0.0616. The largest absolute Gasteiger partial charge is 0.301 e. The summed E-state index contributed by atoms with van der Waals surface area (Å²) in [6.45, 7) is 1.86. The van der Waals surface area contributed by atoms with Crippen molar-refractivity contribution in [2.24, 2.45) is 17.3 Å². The maximum Gasteiger partial charge on any atom is 0.281 e. The van der Waals surface area contributed by atoms with Crippen molar-refractivity contribution < 1.29 is 4.79 Å². The first kappa shape index (κ1) is 26.8. The van der Waals surface area contributed by atoms with Gasteiger partial charge >= 0.3 is 0 Å². The van der Waals surface area contributed by atoms with Gasteiger partial charge in [0.15, 0.2) is 14.5 Å². The third-order valence-corrected chi connectivity index (χ3v) is 9.29. The van der Waals surface area contributed by atoms with Gasteiger partial charge in [-0.3, -0.25) is 14.3 Å². The fraction of sp³-hybridized carbons (Fsp3) is 0.103. The third-order valence-electron chi connectivity index (χ3n) is 6.26. The quantitative estimate of drug-likeness (QED) is 0.146. The zero-order valence-corrected chi connectivity index (χ0v) is 24.5. The van der Waals surface area contributed by atoms with Gasteiger partial charge in [0, 0.05) is 12.7 Å². The number of anilines is 1. The molecule has 204 valence electrons. The van der Waals surface area contributed by atoms with E-state index in [2.05, 4.69) is 25.5 Å². The Morgan fingerprint density at radius 2 is 1.63 bits per heavy atom. The number of hydrogen-bond acceptors (Lipinski definition) is 9. The number of thiazole rings is 2. The molecule has 0 atom stereocenters. The second-order valence-corrected chi connectivity index (χ2v) is 12.2. The van der Waals surface area contributed by atoms with Gasteiger partial charge in [-0.15, -0.1) is 21.6 Å². The van der Waals surface area contributed by atoms with Crippen LogP contribution in [0, 0.1) is 6.92 Å². The topological polar surface area (TPSA) is 107 Å². The molecule has 6 aromatic rings. The van der Waals surface area contributed by atoms with Crippen LogP contribution in [0.2, 0.25) is 0 Å². The summed E-state index contributed by atoms with van der Waals surface area (Å²) < 4.78 is 5.28. The molecule has 9 nitrogen and oxygen atoms in total. The minimum atomic E-state index is -0.234. The van der Waals surface area contributed by atoms with Crippen LogP contribution in [0.4, 0.5) is 15.8 Å². The van der Waals surface area contributed by atoms with Crippen LogP contribution in [0.15, 0.2) is 104 Å². The summed E-state index contributed by atoms with van der Waals surface area (Å²) in [7, 11) is 1.83. The zero-order valence-electron chi connectivity index (χ0n) is 22.0. The summed E-state index contributed by atoms with van der Waals surface area (Å²) in [6, 6.07) is 26.6. The van der Waals surface area contributed by atoms with E-state index in [0.29, 0.717) is 32.8 Å². The molecule has 0 aliphatic carbocycles. The number of nitrogens with zero attached hydrogens (tertiary/aromatic N) is 6. The first-order valence-electron chi connectivity index (χ1n) is 12.6. The lowest BCUT2D eigenvalue weighted by Gasteiger charge is -2.07. The standard InChI is InChI=1S/C29H23N7O2S3/c1-18-24(27(38)36(35(18)2)20-13-7-4-8-14-20)25-26(34-33-19-11-5-3-6-12-19)41-28(32-25)31-23(37)17-39-29-30-21-15-9-10-16-22(21)40-29/h3-16H,17H2,1-2H3,(H,31,32,37). The van der Waals surface area contributed by atoms with Gasteiger partial charge in [-0.25, -0.2) is 14.6 Å². The Kier molecular flexibility index (Phi) is 7.59. The molecular weight excluding hydrogens is 575 g/mol. The number of thioether (sulfide) groups is 1. The van der Waals surface area contributed by atoms with Crippen molar-refractivity contribution in [1.82, 2.24) is 19.3 Å². The first-order valence-corrected chi connectivity index (χ1v) is 15.2. The van der Waals surface area contributed by atoms with Crippen molar-refractivity contribution in [3.63, 3.8) is 0 Å². The molecule has 3 heterocycles. The number of benzene rings is 3. The molecule has 0 fully saturated rings. The van der Waals surface area contributed by atoms with Crippen molar-refractivity contribution in [3.8, 4) is 16.9 Å². The number of amides is 1. The Morgan fingerprint density at radius 3 is 2.39 bits per heavy atom. The van der Waals surface area contributed by atoms with E-state index in [-0.39, 0.29) is 17.2 Å². The lowest BCUT2D eigenvalue weighted by molar-refractivity contribution is -0.113. The number of para-hydroxylation sites is 2. The Morgan fingerprint density at radius 1 is 0.927 bits per heavy atom. The van der Waals surface area contributed by atoms with E-state index in [1.807, 2.05) is 98.9 Å². The number of hydrogen-bond donors (Lipinski definition) is 1. The van der Waals surface area contributed by atoms with Gasteiger partial charge in [0.2, 0.25) is 5.91 Å². The maximum absolute atomic E-state index is 13.7. The number of aromatic nitrogens is 4. The summed E-state index contributed by atoms with van der Waals surface area (Å²) in [4.78, 5) is 35.9. The van der Waals surface area contributed by atoms with E-state index in [4.69, 9.17) is 0 Å². The molecule has 3 aromatic heterocycles. The van der Waals surface area contributed by atoms with Gasteiger partial charge in [0.25, 0.3) is 5.56 Å². The molecule has 0 aliphatic heterocycles. The highest BCUT2D eigenvalue weighted by Gasteiger charge is 2.24. The molecule has 0 bridgehead atoms. The molecule has 1 amide bonds. The number of carbonyl (C=O) groups is 1. The van der Waals surface area contributed by atoms with Crippen molar-refractivity contribution in [2.45, 2.75) is 11.3 Å². The molecule has 0 aliphatic rings. The van der Waals surface area contributed by atoms with Gasteiger partial charge in [-0.2, -0.15) is 0 Å². The molecule has 12 heteroatoms. The smallest absolute Gasteiger partial charge is 0.281 e. The first-order chi connectivity index (χ1) is 20.0. The number of nitrogens with one attached hydrogen (secondary N) is 1. The Hall–Kier alpha value is -4.39. The minimum absolute atomic E-state index is 0.167. The highest BCUT2D eigenvalue weighted by Crippen LogP contribution is 2.39. The lowest BCUT2D eigenvalue weighted by Crippen LogP contribution is -2.20. The lowest BCUT2D eigenvalue weighted by atomic mass is 10.2. The van der Waals surface area contributed by atoms with Crippen molar-refractivity contribution in [2.75, 3.05) is 11.1 Å². The normalized spacial score (nSPS) is 11.5. The van der Waals surface area contributed by atoms with Gasteiger partial charge in [0.05, 0.1) is 32.9 Å². The SMILES string of the molecule is Cc1c(-c2nc(NC(=O)CSc3nc4ccccc4s3)sc2N=Nc2ccccc2)c(=O)n(-c2ccccc2)n1C. The van der Waals surface area contributed by atoms with Crippen molar-refractivity contribution in [1.29, 1.82) is 0 Å². The fourth-order valence-corrected chi connectivity index (χ4v) is 6.91. The molecular formula is C29H23N7O2S3. The van der Waals surface area contributed by atoms with Crippen LogP contribution >= 0.6 is 34.4 Å². The summed E-state index contributed by atoms with van der Waals surface area (Å²) in [6.07, 6.45) is 0. The van der Waals surface area contributed by atoms with Crippen LogP contribution in [-0.2, 0) is 11.8 Å². The van der Waals surface area contributed by atoms with Gasteiger partial charge in [0.1, 0.15) is 5.69 Å². The van der Waals surface area contributed by atoms with E-state index in [1.165, 1.54) is 23.1 Å². The Balaban J connectivity index is 1.32. The van der Waals surface area contributed by atoms with Crippen LogP contribution < -0.4 is 10.9 Å². The summed E-state index contributed by atoms with van der Waals surface area (Å²) in [5, 5.41) is 12.4. The number of fused-ring (bicyclic) bond motifs is 1. The predicted octanol–water partition coefficient (Wildman–Crippen LogP) is 7.36. The molecule has 3 aromatic carbocycles. The van der Waals surface area contributed by atoms with Crippen molar-refractivity contribution in [3.05, 3.63) is 101 Å². The molecule has 1 N–H and O–H groups in total. The van der Waals surface area contributed by atoms with E-state index in [9.17, 15) is 9.59 Å². The second kappa shape index (κ2) is 11.6. The van der Waals surface area contributed by atoms with E-state index >= 15 is 0 Å². The second-order valence-electron chi connectivity index (χ2n) is 8.93. The predicted molar refractivity (Wildman–Crippen MR) is 166 cm³/mol. The van der Waals surface area contributed by atoms with Crippen LogP contribution in [-0.4, -0.2) is 31.0 Å². The highest BCUT2D eigenvalue weighted by atomic mass is 32.2. The maximum atomic E-state index is 13.7. The number of rotatable bonds is 8. The average Bonchev–Trinajstić information content (AvgIpc) is 3.65. The highest BCUT2D eigenvalue weighted by molar-refractivity contribution is 8.01.